The number of esters is 1. The van der Waals surface area contributed by atoms with Gasteiger partial charge in [-0.25, -0.2) is 15.0 Å². The van der Waals surface area contributed by atoms with Crippen molar-refractivity contribution in [1.29, 1.82) is 0 Å². The van der Waals surface area contributed by atoms with E-state index in [4.69, 9.17) is 42.8 Å². The van der Waals surface area contributed by atoms with Crippen molar-refractivity contribution in [3.63, 3.8) is 0 Å². The summed E-state index contributed by atoms with van der Waals surface area (Å²) in [6, 6.07) is 9.22. The highest BCUT2D eigenvalue weighted by Gasteiger charge is 2.22. The second-order valence-corrected chi connectivity index (χ2v) is 12.3. The zero-order valence-electron chi connectivity index (χ0n) is 25.3. The van der Waals surface area contributed by atoms with Gasteiger partial charge in [-0.1, -0.05) is 30.1 Å². The number of pyridine rings is 1. The number of hydrogen-bond donors (Lipinski definition) is 1. The molecule has 0 saturated carbocycles. The maximum Gasteiger partial charge on any atom is 0.305 e. The van der Waals surface area contributed by atoms with Gasteiger partial charge in [0.1, 0.15) is 6.61 Å². The Morgan fingerprint density at radius 1 is 0.933 bits per heavy atom. The van der Waals surface area contributed by atoms with E-state index >= 15 is 0 Å². The molecule has 1 aromatic carbocycles. The fourth-order valence-corrected chi connectivity index (χ4v) is 6.14. The van der Waals surface area contributed by atoms with Crippen molar-refractivity contribution >= 4 is 41.1 Å². The number of aromatic nitrogens is 3. The van der Waals surface area contributed by atoms with Crippen molar-refractivity contribution in [3.05, 3.63) is 58.3 Å². The summed E-state index contributed by atoms with van der Waals surface area (Å²) in [4.78, 5) is 43.1. The van der Waals surface area contributed by atoms with Gasteiger partial charge in [0.05, 0.1) is 18.1 Å². The molecule has 0 atom stereocenters. The van der Waals surface area contributed by atoms with Gasteiger partial charge >= 0.3 is 11.9 Å². The van der Waals surface area contributed by atoms with E-state index in [0.29, 0.717) is 59.4 Å². The molecule has 2 aliphatic rings. The van der Waals surface area contributed by atoms with Gasteiger partial charge in [0.15, 0.2) is 5.75 Å². The SMILES string of the molecule is CCC(=O)OCCN1CCN(c2ncc(Oc3cc(CN4CCC(CC(=O)O)CC4)cc(-c4cc(Cl)cc(Cl)c4)n3)cn2)CC1. The lowest BCUT2D eigenvalue weighted by Crippen LogP contribution is -2.48. The summed E-state index contributed by atoms with van der Waals surface area (Å²) in [7, 11) is 0. The lowest BCUT2D eigenvalue weighted by Gasteiger charge is -2.34. The molecule has 0 unspecified atom stereocenters. The fourth-order valence-electron chi connectivity index (χ4n) is 5.61. The lowest BCUT2D eigenvalue weighted by atomic mass is 9.93. The van der Waals surface area contributed by atoms with Gasteiger partial charge in [-0.2, -0.15) is 0 Å². The van der Waals surface area contributed by atoms with Crippen LogP contribution in [0.2, 0.25) is 10.0 Å². The van der Waals surface area contributed by atoms with E-state index in [-0.39, 0.29) is 18.3 Å². The molecule has 1 N–H and O–H groups in total. The number of carbonyl (C=O) groups is 2. The number of benzene rings is 1. The van der Waals surface area contributed by atoms with Crippen molar-refractivity contribution < 1.29 is 24.2 Å². The number of piperidine rings is 1. The van der Waals surface area contributed by atoms with Crippen LogP contribution in [0.15, 0.2) is 42.7 Å². The molecule has 3 aromatic rings. The van der Waals surface area contributed by atoms with Gasteiger partial charge in [-0.3, -0.25) is 19.4 Å². The van der Waals surface area contributed by atoms with Crippen LogP contribution in [-0.4, -0.2) is 94.2 Å². The number of likely N-dealkylation sites (tertiary alicyclic amines) is 1. The number of aliphatic carboxylic acids is 1. The second-order valence-electron chi connectivity index (χ2n) is 11.4. The normalized spacial score (nSPS) is 16.5. The van der Waals surface area contributed by atoms with E-state index in [1.165, 1.54) is 0 Å². The maximum atomic E-state index is 11.4. The van der Waals surface area contributed by atoms with Crippen LogP contribution in [-0.2, 0) is 20.9 Å². The van der Waals surface area contributed by atoms with Crippen LogP contribution in [0.1, 0.15) is 38.2 Å². The minimum absolute atomic E-state index is 0.175. The maximum absolute atomic E-state index is 11.4. The number of piperazine rings is 1. The number of anilines is 1. The van der Waals surface area contributed by atoms with Crippen LogP contribution < -0.4 is 9.64 Å². The van der Waals surface area contributed by atoms with Crippen molar-refractivity contribution in [2.45, 2.75) is 39.2 Å². The minimum Gasteiger partial charge on any atom is -0.481 e. The molecule has 0 aliphatic carbocycles. The van der Waals surface area contributed by atoms with Crippen molar-refractivity contribution in [2.75, 3.05) is 57.3 Å². The first-order valence-electron chi connectivity index (χ1n) is 15.3. The molecule has 0 bridgehead atoms. The van der Waals surface area contributed by atoms with Crippen molar-refractivity contribution in [1.82, 2.24) is 24.8 Å². The summed E-state index contributed by atoms with van der Waals surface area (Å²) in [6.45, 7) is 8.42. The monoisotopic (exact) mass is 656 g/mol. The zero-order valence-corrected chi connectivity index (χ0v) is 26.8. The Labute approximate surface area is 273 Å². The topological polar surface area (TPSA) is 121 Å². The number of rotatable bonds is 12. The zero-order chi connectivity index (χ0) is 31.8. The van der Waals surface area contributed by atoms with E-state index in [0.717, 1.165) is 63.2 Å². The van der Waals surface area contributed by atoms with Gasteiger partial charge < -0.3 is 19.5 Å². The first-order valence-corrected chi connectivity index (χ1v) is 16.0. The van der Waals surface area contributed by atoms with Gasteiger partial charge in [-0.05, 0) is 61.7 Å². The molecule has 0 spiro atoms. The van der Waals surface area contributed by atoms with Crippen LogP contribution in [0.3, 0.4) is 0 Å². The van der Waals surface area contributed by atoms with Crippen molar-refractivity contribution in [3.8, 4) is 22.9 Å². The van der Waals surface area contributed by atoms with E-state index in [9.17, 15) is 9.59 Å². The summed E-state index contributed by atoms with van der Waals surface area (Å²) in [5, 5.41) is 10.2. The standard InChI is InChI=1S/C32H38Cl2N6O5/c1-2-31(43)44-12-11-38-7-9-40(10-8-38)32-35-19-27(20-36-32)45-29-14-23(21-39-5-3-22(4-6-39)15-30(41)42)13-28(37-29)24-16-25(33)18-26(34)17-24/h13-14,16-20,22H,2-12,15,21H2,1H3,(H,41,42). The summed E-state index contributed by atoms with van der Waals surface area (Å²) < 4.78 is 11.4. The largest absolute Gasteiger partial charge is 0.481 e. The van der Waals surface area contributed by atoms with Crippen LogP contribution in [0.25, 0.3) is 11.3 Å². The van der Waals surface area contributed by atoms with Gasteiger partial charge in [0.25, 0.3) is 0 Å². The molecule has 11 nitrogen and oxygen atoms in total. The number of halogens is 2. The van der Waals surface area contributed by atoms with Crippen LogP contribution in [0, 0.1) is 5.92 Å². The number of carboxylic acid groups (broad SMARTS) is 1. The highest BCUT2D eigenvalue weighted by Crippen LogP contribution is 2.31. The minimum atomic E-state index is -0.739. The molecule has 240 valence electrons. The molecule has 2 aromatic heterocycles. The molecule has 4 heterocycles. The molecule has 13 heteroatoms. The Kier molecular flexibility index (Phi) is 11.4. The first-order chi connectivity index (χ1) is 21.7. The Morgan fingerprint density at radius 2 is 1.62 bits per heavy atom. The molecule has 2 aliphatic heterocycles. The Hall–Kier alpha value is -3.51. The average molecular weight is 658 g/mol. The third kappa shape index (κ3) is 9.74. The predicted octanol–water partition coefficient (Wildman–Crippen LogP) is 5.40. The molecule has 2 saturated heterocycles. The molecule has 2 fully saturated rings. The summed E-state index contributed by atoms with van der Waals surface area (Å²) in [6.07, 6.45) is 5.61. The number of nitrogens with zero attached hydrogens (tertiary/aromatic N) is 6. The molecule has 0 radical (unpaired) electrons. The summed E-state index contributed by atoms with van der Waals surface area (Å²) >= 11 is 12.6. The highest BCUT2D eigenvalue weighted by molar-refractivity contribution is 6.35. The number of carboxylic acids is 1. The van der Waals surface area contributed by atoms with E-state index in [1.54, 1.807) is 25.4 Å². The quantitative estimate of drug-likeness (QED) is 0.252. The third-order valence-corrected chi connectivity index (χ3v) is 8.48. The Bertz CT molecular complexity index is 1440. The lowest BCUT2D eigenvalue weighted by molar-refractivity contribution is -0.143. The molecule has 5 rings (SSSR count). The van der Waals surface area contributed by atoms with Crippen LogP contribution >= 0.6 is 23.2 Å². The average Bonchev–Trinajstić information content (AvgIpc) is 3.02. The predicted molar refractivity (Wildman–Crippen MR) is 172 cm³/mol. The number of carbonyl (C=O) groups excluding carboxylic acids is 1. The van der Waals surface area contributed by atoms with Gasteiger partial charge in [0.2, 0.25) is 11.8 Å². The summed E-state index contributed by atoms with van der Waals surface area (Å²) in [5.41, 5.74) is 2.45. The van der Waals surface area contributed by atoms with Crippen LogP contribution in [0.5, 0.6) is 11.6 Å². The summed E-state index contributed by atoms with van der Waals surface area (Å²) in [5.74, 6) is 0.783. The highest BCUT2D eigenvalue weighted by atomic mass is 35.5. The van der Waals surface area contributed by atoms with Crippen molar-refractivity contribution in [2.24, 2.45) is 5.92 Å². The van der Waals surface area contributed by atoms with E-state index in [1.807, 2.05) is 24.3 Å². The van der Waals surface area contributed by atoms with Gasteiger partial charge in [0, 0.05) is 73.8 Å². The Morgan fingerprint density at radius 3 is 2.27 bits per heavy atom. The number of hydrogen-bond acceptors (Lipinski definition) is 10. The van der Waals surface area contributed by atoms with E-state index in [2.05, 4.69) is 24.7 Å². The molecule has 0 amide bonds. The number of ether oxygens (including phenoxy) is 2. The molecule has 45 heavy (non-hydrogen) atoms. The molecular formula is C32H38Cl2N6O5. The molecular weight excluding hydrogens is 619 g/mol. The third-order valence-electron chi connectivity index (χ3n) is 8.05. The smallest absolute Gasteiger partial charge is 0.305 e. The second kappa shape index (κ2) is 15.7. The first kappa shape index (κ1) is 32.9. The van der Waals surface area contributed by atoms with E-state index < -0.39 is 5.97 Å². The van der Waals surface area contributed by atoms with Crippen LogP contribution in [0.4, 0.5) is 5.95 Å². The van der Waals surface area contributed by atoms with Gasteiger partial charge in [-0.15, -0.1) is 0 Å². The fraction of sp³-hybridized carbons (Fsp3) is 0.469. The Balaban J connectivity index is 1.24.